The SMILES string of the molecule is O=S(=O)(/N=C/N1CCOCC1)c1nc(-c2ccccc2)ns1. The molecule has 0 spiro atoms. The van der Waals surface area contributed by atoms with E-state index in [1.807, 2.05) is 30.3 Å². The molecule has 2 aromatic rings. The highest BCUT2D eigenvalue weighted by atomic mass is 32.2. The van der Waals surface area contributed by atoms with Crippen LogP contribution >= 0.6 is 11.5 Å². The highest BCUT2D eigenvalue weighted by molar-refractivity contribution is 7.92. The van der Waals surface area contributed by atoms with Crippen LogP contribution in [-0.2, 0) is 14.8 Å². The van der Waals surface area contributed by atoms with Crippen LogP contribution in [0.3, 0.4) is 0 Å². The third kappa shape index (κ3) is 3.49. The molecular weight excluding hydrogens is 324 g/mol. The maximum Gasteiger partial charge on any atom is 0.312 e. The molecule has 0 unspecified atom stereocenters. The van der Waals surface area contributed by atoms with Crippen LogP contribution in [0.5, 0.6) is 0 Å². The number of aromatic nitrogens is 2. The minimum atomic E-state index is -3.81. The second-order valence-electron chi connectivity index (χ2n) is 4.59. The first-order valence-electron chi connectivity index (χ1n) is 6.66. The Bertz CT molecular complexity index is 753. The molecule has 0 radical (unpaired) electrons. The van der Waals surface area contributed by atoms with Crippen LogP contribution < -0.4 is 0 Å². The molecule has 7 nitrogen and oxygen atoms in total. The quantitative estimate of drug-likeness (QED) is 0.616. The summed E-state index contributed by atoms with van der Waals surface area (Å²) < 4.78 is 37.2. The van der Waals surface area contributed by atoms with Crippen LogP contribution in [0.15, 0.2) is 39.1 Å². The summed E-state index contributed by atoms with van der Waals surface area (Å²) in [6.07, 6.45) is 1.33. The van der Waals surface area contributed by atoms with Gasteiger partial charge in [0.1, 0.15) is 6.34 Å². The predicted octanol–water partition coefficient (Wildman–Crippen LogP) is 1.25. The molecule has 1 aliphatic rings. The second kappa shape index (κ2) is 6.51. The zero-order chi connectivity index (χ0) is 15.4. The first-order chi connectivity index (χ1) is 10.6. The average molecular weight is 338 g/mol. The van der Waals surface area contributed by atoms with Crippen molar-refractivity contribution in [3.8, 4) is 11.4 Å². The molecule has 0 N–H and O–H groups in total. The van der Waals surface area contributed by atoms with E-state index in [2.05, 4.69) is 13.8 Å². The number of morpholine rings is 1. The summed E-state index contributed by atoms with van der Waals surface area (Å²) >= 11 is 0.832. The summed E-state index contributed by atoms with van der Waals surface area (Å²) in [5, 5.41) is 0. The lowest BCUT2D eigenvalue weighted by atomic mass is 10.2. The van der Waals surface area contributed by atoms with Gasteiger partial charge in [-0.1, -0.05) is 30.3 Å². The smallest absolute Gasteiger partial charge is 0.312 e. The third-order valence-electron chi connectivity index (χ3n) is 3.05. The molecule has 116 valence electrons. The summed E-state index contributed by atoms with van der Waals surface area (Å²) in [7, 11) is -3.81. The fourth-order valence-electron chi connectivity index (χ4n) is 1.89. The lowest BCUT2D eigenvalue weighted by molar-refractivity contribution is 0.0701. The molecule has 1 aromatic heterocycles. The molecule has 0 saturated carbocycles. The highest BCUT2D eigenvalue weighted by Gasteiger charge is 2.20. The second-order valence-corrected chi connectivity index (χ2v) is 7.15. The molecule has 0 bridgehead atoms. The maximum absolute atomic E-state index is 12.2. The molecule has 1 aliphatic heterocycles. The zero-order valence-electron chi connectivity index (χ0n) is 11.6. The van der Waals surface area contributed by atoms with E-state index in [4.69, 9.17) is 4.74 Å². The summed E-state index contributed by atoms with van der Waals surface area (Å²) in [5.41, 5.74) is 0.775. The van der Waals surface area contributed by atoms with E-state index in [1.54, 1.807) is 4.90 Å². The molecule has 0 aliphatic carbocycles. The monoisotopic (exact) mass is 338 g/mol. The average Bonchev–Trinajstić information content (AvgIpc) is 3.06. The Morgan fingerprint density at radius 3 is 2.68 bits per heavy atom. The van der Waals surface area contributed by atoms with Gasteiger partial charge in [-0.05, 0) is 0 Å². The van der Waals surface area contributed by atoms with Gasteiger partial charge in [0, 0.05) is 30.2 Å². The van der Waals surface area contributed by atoms with Gasteiger partial charge in [0.15, 0.2) is 5.82 Å². The van der Waals surface area contributed by atoms with Crippen molar-refractivity contribution in [2.24, 2.45) is 4.40 Å². The molecular formula is C13H14N4O3S2. The van der Waals surface area contributed by atoms with Gasteiger partial charge >= 0.3 is 10.0 Å². The molecule has 0 amide bonds. The summed E-state index contributed by atoms with van der Waals surface area (Å²) in [6.45, 7) is 2.40. The topological polar surface area (TPSA) is 84.8 Å². The molecule has 22 heavy (non-hydrogen) atoms. The number of benzene rings is 1. The van der Waals surface area contributed by atoms with E-state index in [-0.39, 0.29) is 4.34 Å². The summed E-state index contributed by atoms with van der Waals surface area (Å²) in [5.74, 6) is 0.394. The minimum absolute atomic E-state index is 0.101. The Kier molecular flexibility index (Phi) is 4.46. The maximum atomic E-state index is 12.2. The van der Waals surface area contributed by atoms with Gasteiger partial charge in [0.2, 0.25) is 0 Å². The van der Waals surface area contributed by atoms with Gasteiger partial charge in [-0.3, -0.25) is 0 Å². The standard InChI is InChI=1S/C13H14N4O3S2/c18-22(19,14-10-17-6-8-20-9-7-17)13-15-12(16-21-13)11-4-2-1-3-5-11/h1-5,10H,6-9H2/b14-10+. The number of ether oxygens (including phenoxy) is 1. The van der Waals surface area contributed by atoms with Crippen LogP contribution in [0.1, 0.15) is 0 Å². The van der Waals surface area contributed by atoms with Crippen LogP contribution in [0.4, 0.5) is 0 Å². The van der Waals surface area contributed by atoms with E-state index >= 15 is 0 Å². The molecule has 1 aromatic carbocycles. The molecule has 0 atom stereocenters. The van der Waals surface area contributed by atoms with Gasteiger partial charge in [0.05, 0.1) is 13.2 Å². The minimum Gasteiger partial charge on any atom is -0.378 e. The molecule has 1 fully saturated rings. The van der Waals surface area contributed by atoms with Gasteiger partial charge in [-0.2, -0.15) is 12.8 Å². The number of rotatable bonds is 4. The van der Waals surface area contributed by atoms with Gasteiger partial charge in [-0.15, -0.1) is 4.40 Å². The van der Waals surface area contributed by atoms with E-state index in [9.17, 15) is 8.42 Å². The van der Waals surface area contributed by atoms with Gasteiger partial charge in [0.25, 0.3) is 4.34 Å². The van der Waals surface area contributed by atoms with Crippen molar-refractivity contribution >= 4 is 27.9 Å². The first kappa shape index (κ1) is 15.1. The summed E-state index contributed by atoms with van der Waals surface area (Å²) in [6, 6.07) is 9.23. The van der Waals surface area contributed by atoms with E-state index in [0.29, 0.717) is 32.1 Å². The Hall–Kier alpha value is -1.84. The van der Waals surface area contributed by atoms with Crippen LogP contribution in [0.2, 0.25) is 0 Å². The Morgan fingerprint density at radius 2 is 1.95 bits per heavy atom. The van der Waals surface area contributed by atoms with Crippen molar-refractivity contribution in [2.45, 2.75) is 4.34 Å². The molecule has 9 heteroatoms. The van der Waals surface area contributed by atoms with Gasteiger partial charge in [-0.25, -0.2) is 4.98 Å². The lowest BCUT2D eigenvalue weighted by Crippen LogP contribution is -2.35. The van der Waals surface area contributed by atoms with Gasteiger partial charge < -0.3 is 9.64 Å². The zero-order valence-corrected chi connectivity index (χ0v) is 13.3. The Morgan fingerprint density at radius 1 is 1.23 bits per heavy atom. The van der Waals surface area contributed by atoms with Crippen LogP contribution in [0.25, 0.3) is 11.4 Å². The third-order valence-corrected chi connectivity index (χ3v) is 5.33. The Labute approximate surface area is 132 Å². The van der Waals surface area contributed by atoms with E-state index in [1.165, 1.54) is 6.34 Å². The largest absolute Gasteiger partial charge is 0.378 e. The predicted molar refractivity (Wildman–Crippen MR) is 83.4 cm³/mol. The number of nitrogens with zero attached hydrogens (tertiary/aromatic N) is 4. The lowest BCUT2D eigenvalue weighted by Gasteiger charge is -2.23. The highest BCUT2D eigenvalue weighted by Crippen LogP contribution is 2.21. The van der Waals surface area contributed by atoms with Crippen LogP contribution in [0, 0.1) is 0 Å². The number of sulfonamides is 1. The van der Waals surface area contributed by atoms with E-state index < -0.39 is 10.0 Å². The van der Waals surface area contributed by atoms with Crippen molar-refractivity contribution < 1.29 is 13.2 Å². The fourth-order valence-corrected chi connectivity index (χ4v) is 3.49. The van der Waals surface area contributed by atoms with Crippen molar-refractivity contribution in [1.82, 2.24) is 14.3 Å². The molecule has 2 heterocycles. The number of hydrogen-bond acceptors (Lipinski definition) is 6. The first-order valence-corrected chi connectivity index (χ1v) is 8.88. The molecule has 1 saturated heterocycles. The normalized spacial score (nSPS) is 16.3. The van der Waals surface area contributed by atoms with Crippen molar-refractivity contribution in [3.63, 3.8) is 0 Å². The Balaban J connectivity index is 1.78. The van der Waals surface area contributed by atoms with E-state index in [0.717, 1.165) is 17.1 Å². The van der Waals surface area contributed by atoms with Crippen molar-refractivity contribution in [1.29, 1.82) is 0 Å². The van der Waals surface area contributed by atoms with Crippen LogP contribution in [-0.4, -0.2) is 55.3 Å². The number of hydrogen-bond donors (Lipinski definition) is 0. The molecule has 3 rings (SSSR count). The summed E-state index contributed by atoms with van der Waals surface area (Å²) in [4.78, 5) is 5.88. The van der Waals surface area contributed by atoms with Crippen molar-refractivity contribution in [2.75, 3.05) is 26.3 Å². The fraction of sp³-hybridized carbons (Fsp3) is 0.308. The van der Waals surface area contributed by atoms with Crippen molar-refractivity contribution in [3.05, 3.63) is 30.3 Å².